The standard InChI is InChI=1S/C14H23N3O3/c1-4-6-17-8-11(15)7-12(17)14(19)20-9-13(18)16-10(3)5-2/h7-8,10H,4-6,9,15H2,1-3H3,(H,16,18). The number of esters is 1. The number of anilines is 1. The van der Waals surface area contributed by atoms with Gasteiger partial charge in [0.2, 0.25) is 0 Å². The van der Waals surface area contributed by atoms with Crippen LogP contribution in [0.4, 0.5) is 5.69 Å². The first kappa shape index (κ1) is 16.1. The van der Waals surface area contributed by atoms with Crippen LogP contribution in [0.25, 0.3) is 0 Å². The minimum atomic E-state index is -0.533. The second-order valence-corrected chi connectivity index (χ2v) is 4.81. The Kier molecular flexibility index (Phi) is 6.09. The Morgan fingerprint density at radius 1 is 1.45 bits per heavy atom. The van der Waals surface area contributed by atoms with E-state index in [-0.39, 0.29) is 18.6 Å². The van der Waals surface area contributed by atoms with Gasteiger partial charge in [-0.2, -0.15) is 0 Å². The lowest BCUT2D eigenvalue weighted by Crippen LogP contribution is -2.35. The van der Waals surface area contributed by atoms with Gasteiger partial charge < -0.3 is 20.4 Å². The number of carbonyl (C=O) groups excluding carboxylic acids is 2. The van der Waals surface area contributed by atoms with E-state index in [1.165, 1.54) is 0 Å². The molecule has 0 aliphatic heterocycles. The topological polar surface area (TPSA) is 86.3 Å². The number of hydrogen-bond donors (Lipinski definition) is 2. The van der Waals surface area contributed by atoms with Crippen molar-refractivity contribution in [2.24, 2.45) is 0 Å². The number of aryl methyl sites for hydroxylation is 1. The van der Waals surface area contributed by atoms with Gasteiger partial charge in [0.05, 0.1) is 5.69 Å². The molecule has 0 aliphatic rings. The number of hydrogen-bond acceptors (Lipinski definition) is 4. The Morgan fingerprint density at radius 2 is 2.15 bits per heavy atom. The number of nitrogens with two attached hydrogens (primary N) is 1. The fourth-order valence-electron chi connectivity index (χ4n) is 1.75. The average Bonchev–Trinajstić information content (AvgIpc) is 2.77. The van der Waals surface area contributed by atoms with E-state index in [2.05, 4.69) is 5.32 Å². The van der Waals surface area contributed by atoms with Crippen LogP contribution in [0.2, 0.25) is 0 Å². The minimum Gasteiger partial charge on any atom is -0.451 e. The number of aromatic nitrogens is 1. The lowest BCUT2D eigenvalue weighted by atomic mass is 10.2. The molecular formula is C14H23N3O3. The molecule has 20 heavy (non-hydrogen) atoms. The first-order chi connectivity index (χ1) is 9.47. The third kappa shape index (κ3) is 4.60. The molecule has 0 spiro atoms. The summed E-state index contributed by atoms with van der Waals surface area (Å²) in [5.74, 6) is -0.830. The smallest absolute Gasteiger partial charge is 0.355 e. The molecule has 1 rings (SSSR count). The van der Waals surface area contributed by atoms with Crippen LogP contribution < -0.4 is 11.1 Å². The van der Waals surface area contributed by atoms with Crippen molar-refractivity contribution in [3.05, 3.63) is 18.0 Å². The maximum atomic E-state index is 11.9. The summed E-state index contributed by atoms with van der Waals surface area (Å²) < 4.78 is 6.75. The third-order valence-electron chi connectivity index (χ3n) is 2.95. The van der Waals surface area contributed by atoms with E-state index < -0.39 is 5.97 Å². The quantitative estimate of drug-likeness (QED) is 0.742. The maximum Gasteiger partial charge on any atom is 0.355 e. The summed E-state index contributed by atoms with van der Waals surface area (Å²) in [4.78, 5) is 23.5. The van der Waals surface area contributed by atoms with Crippen LogP contribution in [0.1, 0.15) is 44.1 Å². The molecule has 1 aromatic heterocycles. The highest BCUT2D eigenvalue weighted by Gasteiger charge is 2.16. The molecule has 1 unspecified atom stereocenters. The van der Waals surface area contributed by atoms with Crippen LogP contribution in [0.3, 0.4) is 0 Å². The summed E-state index contributed by atoms with van der Waals surface area (Å²) in [6.45, 7) is 6.27. The number of nitrogens with zero attached hydrogens (tertiary/aromatic N) is 1. The molecular weight excluding hydrogens is 258 g/mol. The summed E-state index contributed by atoms with van der Waals surface area (Å²) in [6, 6.07) is 1.63. The van der Waals surface area contributed by atoms with Gasteiger partial charge in [-0.1, -0.05) is 13.8 Å². The summed E-state index contributed by atoms with van der Waals surface area (Å²) in [7, 11) is 0. The van der Waals surface area contributed by atoms with Crippen LogP contribution in [-0.4, -0.2) is 29.1 Å². The van der Waals surface area contributed by atoms with Gasteiger partial charge in [-0.05, 0) is 25.8 Å². The van der Waals surface area contributed by atoms with Gasteiger partial charge in [0, 0.05) is 18.8 Å². The second kappa shape index (κ2) is 7.57. The van der Waals surface area contributed by atoms with Gasteiger partial charge in [0.1, 0.15) is 5.69 Å². The fraction of sp³-hybridized carbons (Fsp3) is 0.571. The van der Waals surface area contributed by atoms with Gasteiger partial charge in [-0.15, -0.1) is 0 Å². The van der Waals surface area contributed by atoms with Gasteiger partial charge in [-0.3, -0.25) is 4.79 Å². The highest BCUT2D eigenvalue weighted by atomic mass is 16.5. The van der Waals surface area contributed by atoms with E-state index in [1.807, 2.05) is 20.8 Å². The van der Waals surface area contributed by atoms with E-state index in [4.69, 9.17) is 10.5 Å². The zero-order valence-corrected chi connectivity index (χ0v) is 12.3. The number of nitrogen functional groups attached to an aromatic ring is 1. The Bertz CT molecular complexity index is 468. The Hall–Kier alpha value is -1.98. The Labute approximate surface area is 119 Å². The van der Waals surface area contributed by atoms with Crippen LogP contribution in [0.5, 0.6) is 0 Å². The largest absolute Gasteiger partial charge is 0.451 e. The minimum absolute atomic E-state index is 0.0702. The second-order valence-electron chi connectivity index (χ2n) is 4.81. The number of rotatable bonds is 7. The number of carbonyl (C=O) groups is 2. The van der Waals surface area contributed by atoms with Crippen molar-refractivity contribution in [3.63, 3.8) is 0 Å². The number of nitrogens with one attached hydrogen (secondary N) is 1. The van der Waals surface area contributed by atoms with Crippen molar-refractivity contribution in [2.75, 3.05) is 12.3 Å². The highest BCUT2D eigenvalue weighted by Crippen LogP contribution is 2.12. The molecule has 1 amide bonds. The van der Waals surface area contributed by atoms with E-state index >= 15 is 0 Å². The van der Waals surface area contributed by atoms with E-state index in [0.29, 0.717) is 17.9 Å². The zero-order valence-electron chi connectivity index (χ0n) is 12.3. The molecule has 0 bridgehead atoms. The van der Waals surface area contributed by atoms with Crippen LogP contribution in [0.15, 0.2) is 12.3 Å². The molecule has 0 aliphatic carbocycles. The average molecular weight is 281 g/mol. The first-order valence-corrected chi connectivity index (χ1v) is 6.90. The summed E-state index contributed by atoms with van der Waals surface area (Å²) in [5, 5.41) is 2.73. The van der Waals surface area contributed by atoms with Crippen LogP contribution in [-0.2, 0) is 16.1 Å². The molecule has 6 heteroatoms. The van der Waals surface area contributed by atoms with Crippen LogP contribution in [0, 0.1) is 0 Å². The van der Waals surface area contributed by atoms with Crippen molar-refractivity contribution < 1.29 is 14.3 Å². The van der Waals surface area contributed by atoms with Gasteiger partial charge in [-0.25, -0.2) is 4.79 Å². The lowest BCUT2D eigenvalue weighted by molar-refractivity contribution is -0.124. The molecule has 112 valence electrons. The Morgan fingerprint density at radius 3 is 2.75 bits per heavy atom. The van der Waals surface area contributed by atoms with Crippen molar-refractivity contribution in [1.29, 1.82) is 0 Å². The van der Waals surface area contributed by atoms with E-state index in [1.54, 1.807) is 16.8 Å². The van der Waals surface area contributed by atoms with E-state index in [0.717, 1.165) is 12.8 Å². The molecule has 0 aromatic carbocycles. The predicted molar refractivity (Wildman–Crippen MR) is 77.3 cm³/mol. The SMILES string of the molecule is CCCn1cc(N)cc1C(=O)OCC(=O)NC(C)CC. The molecule has 0 saturated carbocycles. The normalized spacial score (nSPS) is 11.9. The molecule has 3 N–H and O–H groups in total. The van der Waals surface area contributed by atoms with Gasteiger partial charge in [0.15, 0.2) is 6.61 Å². The highest BCUT2D eigenvalue weighted by molar-refractivity contribution is 5.91. The molecule has 6 nitrogen and oxygen atoms in total. The molecule has 0 saturated heterocycles. The molecule has 0 fully saturated rings. The summed E-state index contributed by atoms with van der Waals surface area (Å²) in [5.41, 5.74) is 6.56. The number of ether oxygens (including phenoxy) is 1. The van der Waals surface area contributed by atoms with E-state index in [9.17, 15) is 9.59 Å². The Balaban J connectivity index is 2.56. The van der Waals surface area contributed by atoms with Crippen molar-refractivity contribution in [2.45, 2.75) is 46.2 Å². The lowest BCUT2D eigenvalue weighted by Gasteiger charge is -2.12. The molecule has 1 aromatic rings. The van der Waals surface area contributed by atoms with Gasteiger partial charge >= 0.3 is 5.97 Å². The predicted octanol–water partition coefficient (Wildman–Crippen LogP) is 1.55. The van der Waals surface area contributed by atoms with Crippen molar-refractivity contribution in [3.8, 4) is 0 Å². The number of amides is 1. The molecule has 1 atom stereocenters. The van der Waals surface area contributed by atoms with Crippen LogP contribution >= 0.6 is 0 Å². The van der Waals surface area contributed by atoms with Gasteiger partial charge in [0.25, 0.3) is 5.91 Å². The monoisotopic (exact) mass is 281 g/mol. The fourth-order valence-corrected chi connectivity index (χ4v) is 1.75. The molecule has 0 radical (unpaired) electrons. The van der Waals surface area contributed by atoms with Crippen molar-refractivity contribution >= 4 is 17.6 Å². The van der Waals surface area contributed by atoms with Crippen molar-refractivity contribution in [1.82, 2.24) is 9.88 Å². The zero-order chi connectivity index (χ0) is 15.1. The molecule has 1 heterocycles. The first-order valence-electron chi connectivity index (χ1n) is 6.90. The summed E-state index contributed by atoms with van der Waals surface area (Å²) in [6.07, 6.45) is 3.40. The maximum absolute atomic E-state index is 11.9. The third-order valence-corrected chi connectivity index (χ3v) is 2.95. The summed E-state index contributed by atoms with van der Waals surface area (Å²) >= 11 is 0.